The Balaban J connectivity index is 1.72. The van der Waals surface area contributed by atoms with Crippen LogP contribution in [0, 0.1) is 5.82 Å². The molecule has 2 heterocycles. The first-order valence-electron chi connectivity index (χ1n) is 8.44. The van der Waals surface area contributed by atoms with Gasteiger partial charge in [0.1, 0.15) is 0 Å². The number of amides is 1. The van der Waals surface area contributed by atoms with Gasteiger partial charge in [-0.3, -0.25) is 9.69 Å². The maximum Gasteiger partial charge on any atom is 0.219 e. The fourth-order valence-corrected chi connectivity index (χ4v) is 4.11. The van der Waals surface area contributed by atoms with E-state index < -0.39 is 0 Å². The molecule has 3 rings (SSSR count). The van der Waals surface area contributed by atoms with Crippen molar-refractivity contribution in [1.82, 2.24) is 9.80 Å². The summed E-state index contributed by atoms with van der Waals surface area (Å²) < 4.78 is 18.9. The lowest BCUT2D eigenvalue weighted by atomic mass is 10.0. The molecule has 1 amide bonds. The smallest absolute Gasteiger partial charge is 0.219 e. The van der Waals surface area contributed by atoms with Crippen molar-refractivity contribution >= 4 is 5.91 Å². The molecule has 1 aromatic rings. The highest BCUT2D eigenvalue weighted by molar-refractivity contribution is 5.74. The van der Waals surface area contributed by atoms with Crippen LogP contribution in [0.4, 0.5) is 4.39 Å². The van der Waals surface area contributed by atoms with Crippen LogP contribution >= 0.6 is 0 Å². The number of methoxy groups -OCH3 is 1. The Labute approximate surface area is 137 Å². The van der Waals surface area contributed by atoms with Crippen molar-refractivity contribution in [2.24, 2.45) is 0 Å². The second-order valence-corrected chi connectivity index (χ2v) is 6.57. The summed E-state index contributed by atoms with van der Waals surface area (Å²) in [6.45, 7) is 4.28. The molecule has 0 spiro atoms. The van der Waals surface area contributed by atoms with E-state index >= 15 is 0 Å². The molecule has 2 atom stereocenters. The van der Waals surface area contributed by atoms with Crippen LogP contribution in [0.3, 0.4) is 0 Å². The number of nitrogens with zero attached hydrogens (tertiary/aromatic N) is 2. The van der Waals surface area contributed by atoms with Gasteiger partial charge in [0, 0.05) is 32.1 Å². The number of hydrogen-bond acceptors (Lipinski definition) is 3. The number of hydrogen-bond donors (Lipinski definition) is 0. The lowest BCUT2D eigenvalue weighted by Gasteiger charge is -2.34. The van der Waals surface area contributed by atoms with E-state index in [1.807, 2.05) is 11.0 Å². The standard InChI is InChI=1S/C18H25FN2O2/c1-13(22)21-10-4-6-17(21)16-5-3-9-20(16)12-14-7-8-18(23-2)15(19)11-14/h7-8,11,16-17H,3-6,9-10,12H2,1-2H3/t16-,17+/m0/s1. The first-order valence-corrected chi connectivity index (χ1v) is 8.44. The largest absolute Gasteiger partial charge is 0.494 e. The third-order valence-corrected chi connectivity index (χ3v) is 5.16. The molecule has 5 heteroatoms. The monoisotopic (exact) mass is 320 g/mol. The second kappa shape index (κ2) is 6.87. The minimum Gasteiger partial charge on any atom is -0.494 e. The molecular formula is C18H25FN2O2. The average molecular weight is 320 g/mol. The quantitative estimate of drug-likeness (QED) is 0.855. The van der Waals surface area contributed by atoms with Gasteiger partial charge < -0.3 is 9.64 Å². The topological polar surface area (TPSA) is 32.8 Å². The summed E-state index contributed by atoms with van der Waals surface area (Å²) in [5.74, 6) is 0.145. The second-order valence-electron chi connectivity index (χ2n) is 6.57. The Morgan fingerprint density at radius 2 is 2.00 bits per heavy atom. The van der Waals surface area contributed by atoms with E-state index in [2.05, 4.69) is 4.90 Å². The van der Waals surface area contributed by atoms with Gasteiger partial charge in [0.2, 0.25) is 5.91 Å². The van der Waals surface area contributed by atoms with Crippen LogP contribution in [-0.4, -0.2) is 48.0 Å². The van der Waals surface area contributed by atoms with Gasteiger partial charge in [0.15, 0.2) is 11.6 Å². The predicted octanol–water partition coefficient (Wildman–Crippen LogP) is 2.81. The highest BCUT2D eigenvalue weighted by Crippen LogP contribution is 2.31. The van der Waals surface area contributed by atoms with E-state index in [0.717, 1.165) is 50.9 Å². The third-order valence-electron chi connectivity index (χ3n) is 5.16. The van der Waals surface area contributed by atoms with E-state index in [1.54, 1.807) is 19.1 Å². The maximum atomic E-state index is 13.9. The maximum absolute atomic E-state index is 13.9. The molecular weight excluding hydrogens is 295 g/mol. The van der Waals surface area contributed by atoms with Crippen LogP contribution < -0.4 is 4.74 Å². The summed E-state index contributed by atoms with van der Waals surface area (Å²) >= 11 is 0. The minimum atomic E-state index is -0.313. The van der Waals surface area contributed by atoms with Gasteiger partial charge in [-0.1, -0.05) is 6.07 Å². The average Bonchev–Trinajstić information content (AvgIpc) is 3.15. The number of ether oxygens (including phenoxy) is 1. The molecule has 23 heavy (non-hydrogen) atoms. The summed E-state index contributed by atoms with van der Waals surface area (Å²) in [5, 5.41) is 0. The number of rotatable bonds is 4. The molecule has 0 aromatic heterocycles. The zero-order valence-corrected chi connectivity index (χ0v) is 13.9. The van der Waals surface area contributed by atoms with Crippen molar-refractivity contribution in [2.45, 2.75) is 51.2 Å². The Hall–Kier alpha value is -1.62. The zero-order valence-electron chi connectivity index (χ0n) is 13.9. The van der Waals surface area contributed by atoms with Gasteiger partial charge in [-0.05, 0) is 49.9 Å². The fraction of sp³-hybridized carbons (Fsp3) is 0.611. The molecule has 0 aliphatic carbocycles. The predicted molar refractivity (Wildman–Crippen MR) is 86.8 cm³/mol. The first-order chi connectivity index (χ1) is 11.1. The van der Waals surface area contributed by atoms with Crippen LogP contribution in [0.5, 0.6) is 5.75 Å². The summed E-state index contributed by atoms with van der Waals surface area (Å²) in [7, 11) is 1.48. The minimum absolute atomic E-state index is 0.176. The van der Waals surface area contributed by atoms with E-state index in [-0.39, 0.29) is 17.5 Å². The molecule has 0 unspecified atom stereocenters. The Morgan fingerprint density at radius 3 is 2.70 bits per heavy atom. The molecule has 2 saturated heterocycles. The molecule has 2 aliphatic rings. The lowest BCUT2D eigenvalue weighted by molar-refractivity contribution is -0.130. The van der Waals surface area contributed by atoms with Gasteiger partial charge in [-0.2, -0.15) is 0 Å². The van der Waals surface area contributed by atoms with Crippen LogP contribution in [0.25, 0.3) is 0 Å². The van der Waals surface area contributed by atoms with Crippen molar-refractivity contribution in [2.75, 3.05) is 20.2 Å². The van der Waals surface area contributed by atoms with Crippen molar-refractivity contribution in [3.05, 3.63) is 29.6 Å². The molecule has 0 radical (unpaired) electrons. The number of halogens is 1. The normalized spacial score (nSPS) is 25.1. The van der Waals surface area contributed by atoms with Gasteiger partial charge in [-0.15, -0.1) is 0 Å². The SMILES string of the molecule is COc1ccc(CN2CCC[C@H]2[C@H]2CCCN2C(C)=O)cc1F. The first kappa shape index (κ1) is 16.2. The van der Waals surface area contributed by atoms with Crippen molar-refractivity contribution in [3.8, 4) is 5.75 Å². The number of likely N-dealkylation sites (tertiary alicyclic amines) is 2. The van der Waals surface area contributed by atoms with E-state index in [1.165, 1.54) is 7.11 Å². The summed E-state index contributed by atoms with van der Waals surface area (Å²) in [5.41, 5.74) is 0.961. The number of benzene rings is 1. The van der Waals surface area contributed by atoms with E-state index in [0.29, 0.717) is 12.1 Å². The number of carbonyl (C=O) groups is 1. The fourth-order valence-electron chi connectivity index (χ4n) is 4.11. The summed E-state index contributed by atoms with van der Waals surface area (Å²) in [4.78, 5) is 16.3. The van der Waals surface area contributed by atoms with Gasteiger partial charge in [0.25, 0.3) is 0 Å². The Kier molecular flexibility index (Phi) is 4.85. The molecule has 2 aliphatic heterocycles. The van der Waals surface area contributed by atoms with Crippen LogP contribution in [0.1, 0.15) is 38.2 Å². The van der Waals surface area contributed by atoms with Crippen LogP contribution in [0.2, 0.25) is 0 Å². The molecule has 126 valence electrons. The van der Waals surface area contributed by atoms with Crippen molar-refractivity contribution < 1.29 is 13.9 Å². The van der Waals surface area contributed by atoms with Crippen LogP contribution in [0.15, 0.2) is 18.2 Å². The zero-order chi connectivity index (χ0) is 16.4. The highest BCUT2D eigenvalue weighted by Gasteiger charge is 2.38. The lowest BCUT2D eigenvalue weighted by Crippen LogP contribution is -2.47. The molecule has 1 aromatic carbocycles. The van der Waals surface area contributed by atoms with E-state index in [9.17, 15) is 9.18 Å². The number of carbonyl (C=O) groups excluding carboxylic acids is 1. The van der Waals surface area contributed by atoms with Crippen molar-refractivity contribution in [3.63, 3.8) is 0 Å². The summed E-state index contributed by atoms with van der Waals surface area (Å²) in [6, 6.07) is 5.89. The Morgan fingerprint density at radius 1 is 1.26 bits per heavy atom. The Bertz CT molecular complexity index is 578. The van der Waals surface area contributed by atoms with Gasteiger partial charge in [-0.25, -0.2) is 4.39 Å². The van der Waals surface area contributed by atoms with Crippen LogP contribution in [-0.2, 0) is 11.3 Å². The molecule has 4 nitrogen and oxygen atoms in total. The van der Waals surface area contributed by atoms with Crippen molar-refractivity contribution in [1.29, 1.82) is 0 Å². The molecule has 2 fully saturated rings. The van der Waals surface area contributed by atoms with Gasteiger partial charge in [0.05, 0.1) is 7.11 Å². The van der Waals surface area contributed by atoms with E-state index in [4.69, 9.17) is 4.74 Å². The molecule has 0 N–H and O–H groups in total. The highest BCUT2D eigenvalue weighted by atomic mass is 19.1. The molecule has 0 saturated carbocycles. The third kappa shape index (κ3) is 3.34. The summed E-state index contributed by atoms with van der Waals surface area (Å²) in [6.07, 6.45) is 4.43. The van der Waals surface area contributed by atoms with Gasteiger partial charge >= 0.3 is 0 Å². The molecule has 0 bridgehead atoms.